The molecule has 3 unspecified atom stereocenters. The Hall–Kier alpha value is -1.61. The molecule has 2 amide bonds. The highest BCUT2D eigenvalue weighted by atomic mass is 32.2. The zero-order valence-electron chi connectivity index (χ0n) is 16.5. The van der Waals surface area contributed by atoms with Gasteiger partial charge in [-0.05, 0) is 38.4 Å². The fourth-order valence-electron chi connectivity index (χ4n) is 4.37. The second kappa shape index (κ2) is 8.41. The van der Waals surface area contributed by atoms with Gasteiger partial charge in [-0.1, -0.05) is 12.1 Å². The second-order valence-electron chi connectivity index (χ2n) is 7.82. The smallest absolute Gasteiger partial charge is 0.245 e. The minimum atomic E-state index is -0.219. The molecule has 4 atom stereocenters. The van der Waals surface area contributed by atoms with Crippen molar-refractivity contribution in [2.45, 2.75) is 50.3 Å². The molecule has 0 aromatic heterocycles. The van der Waals surface area contributed by atoms with Crippen molar-refractivity contribution in [3.8, 4) is 0 Å². The van der Waals surface area contributed by atoms with Crippen LogP contribution in [0.1, 0.15) is 26.7 Å². The molecule has 2 fully saturated rings. The van der Waals surface area contributed by atoms with Crippen molar-refractivity contribution in [1.29, 1.82) is 0 Å². The van der Waals surface area contributed by atoms with Gasteiger partial charge in [-0.25, -0.2) is 0 Å². The zero-order valence-corrected chi connectivity index (χ0v) is 17.3. The molecule has 0 radical (unpaired) electrons. The number of hydrogen-bond acceptors (Lipinski definition) is 6. The highest BCUT2D eigenvalue weighted by Crippen LogP contribution is 2.36. The van der Waals surface area contributed by atoms with Crippen LogP contribution in [-0.4, -0.2) is 60.8 Å². The number of fused-ring (bicyclic) bond motifs is 1. The first-order valence-corrected chi connectivity index (χ1v) is 11.1. The van der Waals surface area contributed by atoms with E-state index in [0.717, 1.165) is 30.2 Å². The Balaban J connectivity index is 1.46. The van der Waals surface area contributed by atoms with Gasteiger partial charge in [0.25, 0.3) is 0 Å². The lowest BCUT2D eigenvalue weighted by Crippen LogP contribution is -2.57. The maximum absolute atomic E-state index is 13.3. The van der Waals surface area contributed by atoms with Gasteiger partial charge in [0, 0.05) is 31.8 Å². The van der Waals surface area contributed by atoms with E-state index in [1.54, 1.807) is 23.6 Å². The highest BCUT2D eigenvalue weighted by Gasteiger charge is 2.39. The van der Waals surface area contributed by atoms with Crippen LogP contribution in [-0.2, 0) is 9.59 Å². The summed E-state index contributed by atoms with van der Waals surface area (Å²) in [5.41, 5.74) is 1.74. The summed E-state index contributed by atoms with van der Waals surface area (Å²) in [6.45, 7) is 6.16. The number of amides is 2. The molecule has 0 spiro atoms. The molecular formula is C20H29N5O2S. The molecule has 3 aliphatic rings. The zero-order chi connectivity index (χ0) is 19.7. The number of nitrogens with one attached hydrogen (secondary N) is 3. The SMILES string of the molecule is CC(=O)N1c2ccccc2N(C(=O)C2CSC(NC3CCCNC3)N2)C[C@@H]1C. The van der Waals surface area contributed by atoms with E-state index in [2.05, 4.69) is 16.0 Å². The van der Waals surface area contributed by atoms with Gasteiger partial charge in [-0.2, -0.15) is 0 Å². The average molecular weight is 404 g/mol. The normalized spacial score (nSPS) is 30.2. The summed E-state index contributed by atoms with van der Waals surface area (Å²) in [6, 6.07) is 7.87. The molecule has 7 nitrogen and oxygen atoms in total. The van der Waals surface area contributed by atoms with E-state index in [4.69, 9.17) is 0 Å². The van der Waals surface area contributed by atoms with Crippen LogP contribution < -0.4 is 25.8 Å². The van der Waals surface area contributed by atoms with Crippen LogP contribution in [0.3, 0.4) is 0 Å². The Morgan fingerprint density at radius 1 is 1.25 bits per heavy atom. The lowest BCUT2D eigenvalue weighted by molar-refractivity contribution is -0.121. The van der Waals surface area contributed by atoms with Crippen LogP contribution in [0.25, 0.3) is 0 Å². The van der Waals surface area contributed by atoms with Crippen molar-refractivity contribution in [3.63, 3.8) is 0 Å². The number of hydrogen-bond donors (Lipinski definition) is 3. The summed E-state index contributed by atoms with van der Waals surface area (Å²) in [5, 5.41) is 10.5. The molecule has 8 heteroatoms. The van der Waals surface area contributed by atoms with Crippen molar-refractivity contribution in [1.82, 2.24) is 16.0 Å². The van der Waals surface area contributed by atoms with Gasteiger partial charge < -0.3 is 15.1 Å². The predicted octanol–water partition coefficient (Wildman–Crippen LogP) is 1.10. The number of benzene rings is 1. The molecule has 152 valence electrons. The van der Waals surface area contributed by atoms with Gasteiger partial charge >= 0.3 is 0 Å². The van der Waals surface area contributed by atoms with E-state index < -0.39 is 0 Å². The largest absolute Gasteiger partial charge is 0.315 e. The molecule has 4 rings (SSSR count). The number of para-hydroxylation sites is 2. The summed E-state index contributed by atoms with van der Waals surface area (Å²) < 4.78 is 0. The number of carbonyl (C=O) groups is 2. The molecule has 2 saturated heterocycles. The monoisotopic (exact) mass is 403 g/mol. The molecule has 3 aliphatic heterocycles. The molecule has 0 aliphatic carbocycles. The van der Waals surface area contributed by atoms with E-state index in [-0.39, 0.29) is 29.4 Å². The van der Waals surface area contributed by atoms with Crippen molar-refractivity contribution in [3.05, 3.63) is 24.3 Å². The standard InChI is InChI=1S/C20H29N5O2S/c1-13-11-24(17-7-3-4-8-18(17)25(13)14(2)26)19(27)16-12-28-20(23-16)22-15-6-5-9-21-10-15/h3-4,7-8,13,15-16,20-23H,5-6,9-12H2,1-2H3/t13-,15?,16?,20?/m0/s1. The number of nitrogens with zero attached hydrogens (tertiary/aromatic N) is 2. The predicted molar refractivity (Wildman–Crippen MR) is 114 cm³/mol. The van der Waals surface area contributed by atoms with E-state index in [9.17, 15) is 9.59 Å². The van der Waals surface area contributed by atoms with E-state index in [1.807, 2.05) is 36.1 Å². The van der Waals surface area contributed by atoms with Gasteiger partial charge in [-0.3, -0.25) is 20.2 Å². The van der Waals surface area contributed by atoms with Gasteiger partial charge in [0.2, 0.25) is 11.8 Å². The number of thioether (sulfide) groups is 1. The summed E-state index contributed by atoms with van der Waals surface area (Å²) in [6.07, 6.45) is 2.36. The van der Waals surface area contributed by atoms with E-state index in [1.165, 1.54) is 12.8 Å². The molecule has 1 aromatic carbocycles. The van der Waals surface area contributed by atoms with Crippen LogP contribution in [0.15, 0.2) is 24.3 Å². The van der Waals surface area contributed by atoms with E-state index in [0.29, 0.717) is 12.6 Å². The van der Waals surface area contributed by atoms with Crippen LogP contribution in [0.4, 0.5) is 11.4 Å². The minimum Gasteiger partial charge on any atom is -0.315 e. The summed E-state index contributed by atoms with van der Waals surface area (Å²) in [4.78, 5) is 29.1. The fraction of sp³-hybridized carbons (Fsp3) is 0.600. The van der Waals surface area contributed by atoms with Crippen LogP contribution in [0.2, 0.25) is 0 Å². The van der Waals surface area contributed by atoms with Crippen molar-refractivity contribution < 1.29 is 9.59 Å². The van der Waals surface area contributed by atoms with Crippen LogP contribution >= 0.6 is 11.8 Å². The Labute approximate surface area is 170 Å². The quantitative estimate of drug-likeness (QED) is 0.702. The third-order valence-electron chi connectivity index (χ3n) is 5.69. The number of carbonyl (C=O) groups excluding carboxylic acids is 2. The van der Waals surface area contributed by atoms with Crippen LogP contribution in [0, 0.1) is 0 Å². The first kappa shape index (κ1) is 19.7. The summed E-state index contributed by atoms with van der Waals surface area (Å²) in [7, 11) is 0. The molecule has 0 saturated carbocycles. The van der Waals surface area contributed by atoms with Crippen molar-refractivity contribution in [2.24, 2.45) is 0 Å². The van der Waals surface area contributed by atoms with Crippen molar-refractivity contribution in [2.75, 3.05) is 35.2 Å². The Morgan fingerprint density at radius 3 is 2.75 bits per heavy atom. The number of anilines is 2. The third-order valence-corrected chi connectivity index (χ3v) is 6.82. The molecule has 3 heterocycles. The Morgan fingerprint density at radius 2 is 2.04 bits per heavy atom. The Kier molecular flexibility index (Phi) is 5.91. The maximum Gasteiger partial charge on any atom is 0.245 e. The van der Waals surface area contributed by atoms with Crippen LogP contribution in [0.5, 0.6) is 0 Å². The average Bonchev–Trinajstić information content (AvgIpc) is 3.15. The third kappa shape index (κ3) is 3.91. The van der Waals surface area contributed by atoms with Gasteiger partial charge in [0.05, 0.1) is 23.5 Å². The molecule has 3 N–H and O–H groups in total. The summed E-state index contributed by atoms with van der Waals surface area (Å²) in [5.74, 6) is 0.841. The topological polar surface area (TPSA) is 76.7 Å². The fourth-order valence-corrected chi connectivity index (χ4v) is 5.55. The maximum atomic E-state index is 13.3. The van der Waals surface area contributed by atoms with Gasteiger partial charge in [0.15, 0.2) is 0 Å². The molecule has 0 bridgehead atoms. The molecule has 1 aromatic rings. The lowest BCUT2D eigenvalue weighted by atomic mass is 10.1. The van der Waals surface area contributed by atoms with Gasteiger partial charge in [-0.15, -0.1) is 11.8 Å². The minimum absolute atomic E-state index is 0.00644. The first-order chi connectivity index (χ1) is 13.5. The molecule has 28 heavy (non-hydrogen) atoms. The Bertz CT molecular complexity index is 739. The lowest BCUT2D eigenvalue weighted by Gasteiger charge is -2.41. The molecular weight excluding hydrogens is 374 g/mol. The highest BCUT2D eigenvalue weighted by molar-refractivity contribution is 8.00. The van der Waals surface area contributed by atoms with Gasteiger partial charge in [0.1, 0.15) is 5.50 Å². The first-order valence-electron chi connectivity index (χ1n) is 10.1. The van der Waals surface area contributed by atoms with E-state index >= 15 is 0 Å². The summed E-state index contributed by atoms with van der Waals surface area (Å²) >= 11 is 1.76. The number of piperidine rings is 1. The number of rotatable bonds is 3. The van der Waals surface area contributed by atoms with Crippen molar-refractivity contribution >= 4 is 35.0 Å². The second-order valence-corrected chi connectivity index (χ2v) is 8.96.